The standard InChI is InChI=1S/C25H30N2O3/c1-7-26-23(28)16-10-8-9-15(11-16)21-20-17(13-24(2,3)27-21)12-19(29-6)22-18(20)14-25(4,5)30-22/h8-12H,7,13-14H2,1-6H3,(H,26,28). The van der Waals surface area contributed by atoms with Gasteiger partial charge in [-0.15, -0.1) is 0 Å². The van der Waals surface area contributed by atoms with Gasteiger partial charge in [0.1, 0.15) is 5.60 Å². The SMILES string of the molecule is CCNC(=O)c1cccc(C2=NC(C)(C)Cc3cc(OC)c4c(c32)CC(C)(C)O4)c1. The van der Waals surface area contributed by atoms with E-state index in [0.717, 1.165) is 46.7 Å². The van der Waals surface area contributed by atoms with E-state index in [1.165, 1.54) is 5.56 Å². The summed E-state index contributed by atoms with van der Waals surface area (Å²) in [5, 5.41) is 2.88. The molecule has 5 nitrogen and oxygen atoms in total. The molecule has 0 spiro atoms. The van der Waals surface area contributed by atoms with Crippen LogP contribution in [0, 0.1) is 0 Å². The van der Waals surface area contributed by atoms with E-state index in [1.54, 1.807) is 7.11 Å². The van der Waals surface area contributed by atoms with Crippen molar-refractivity contribution in [3.05, 3.63) is 58.1 Å². The van der Waals surface area contributed by atoms with Crippen LogP contribution in [0.1, 0.15) is 67.2 Å². The summed E-state index contributed by atoms with van der Waals surface area (Å²) in [6.45, 7) is 11.0. The van der Waals surface area contributed by atoms with Gasteiger partial charge in [0.25, 0.3) is 5.91 Å². The van der Waals surface area contributed by atoms with Crippen LogP contribution < -0.4 is 14.8 Å². The Morgan fingerprint density at radius 3 is 2.67 bits per heavy atom. The Bertz CT molecular complexity index is 1050. The molecule has 2 heterocycles. The molecule has 30 heavy (non-hydrogen) atoms. The van der Waals surface area contributed by atoms with Gasteiger partial charge in [-0.05, 0) is 64.8 Å². The molecular formula is C25H30N2O3. The fourth-order valence-corrected chi connectivity index (χ4v) is 4.50. The van der Waals surface area contributed by atoms with Crippen molar-refractivity contribution in [3.63, 3.8) is 0 Å². The molecule has 158 valence electrons. The minimum Gasteiger partial charge on any atom is -0.493 e. The van der Waals surface area contributed by atoms with E-state index < -0.39 is 0 Å². The summed E-state index contributed by atoms with van der Waals surface area (Å²) in [4.78, 5) is 17.6. The van der Waals surface area contributed by atoms with E-state index in [-0.39, 0.29) is 17.0 Å². The number of benzene rings is 2. The third kappa shape index (κ3) is 3.57. The molecule has 2 aromatic rings. The van der Waals surface area contributed by atoms with Crippen molar-refractivity contribution in [2.24, 2.45) is 4.99 Å². The molecule has 0 aromatic heterocycles. The molecule has 0 aliphatic carbocycles. The fraction of sp³-hybridized carbons (Fsp3) is 0.440. The molecule has 0 radical (unpaired) electrons. The van der Waals surface area contributed by atoms with Crippen molar-refractivity contribution < 1.29 is 14.3 Å². The third-order valence-corrected chi connectivity index (χ3v) is 5.64. The van der Waals surface area contributed by atoms with Gasteiger partial charge in [0.05, 0.1) is 18.4 Å². The number of hydrogen-bond acceptors (Lipinski definition) is 4. The summed E-state index contributed by atoms with van der Waals surface area (Å²) in [5.74, 6) is 1.52. The maximum atomic E-state index is 12.4. The van der Waals surface area contributed by atoms with Crippen LogP contribution in [-0.4, -0.2) is 36.4 Å². The predicted octanol–water partition coefficient (Wildman–Crippen LogP) is 4.33. The molecule has 0 bridgehead atoms. The zero-order valence-corrected chi connectivity index (χ0v) is 18.7. The summed E-state index contributed by atoms with van der Waals surface area (Å²) < 4.78 is 12.0. The van der Waals surface area contributed by atoms with Gasteiger partial charge < -0.3 is 14.8 Å². The molecule has 0 saturated heterocycles. The minimum absolute atomic E-state index is 0.0698. The number of carbonyl (C=O) groups is 1. The predicted molar refractivity (Wildman–Crippen MR) is 119 cm³/mol. The summed E-state index contributed by atoms with van der Waals surface area (Å²) >= 11 is 0. The molecule has 1 N–H and O–H groups in total. The van der Waals surface area contributed by atoms with Crippen molar-refractivity contribution in [1.82, 2.24) is 5.32 Å². The first-order chi connectivity index (χ1) is 14.1. The maximum Gasteiger partial charge on any atom is 0.251 e. The Kier molecular flexibility index (Phi) is 4.88. The average molecular weight is 407 g/mol. The number of nitrogens with one attached hydrogen (secondary N) is 1. The van der Waals surface area contributed by atoms with Crippen LogP contribution in [0.25, 0.3) is 0 Å². The van der Waals surface area contributed by atoms with Crippen molar-refractivity contribution in [2.45, 2.75) is 58.6 Å². The Morgan fingerprint density at radius 2 is 1.97 bits per heavy atom. The minimum atomic E-state index is -0.300. The van der Waals surface area contributed by atoms with E-state index in [2.05, 4.69) is 39.1 Å². The normalized spacial score (nSPS) is 18.0. The first kappa shape index (κ1) is 20.5. The number of rotatable bonds is 4. The van der Waals surface area contributed by atoms with Crippen LogP contribution >= 0.6 is 0 Å². The molecular weight excluding hydrogens is 376 g/mol. The summed E-state index contributed by atoms with van der Waals surface area (Å²) in [7, 11) is 1.69. The van der Waals surface area contributed by atoms with Gasteiger partial charge >= 0.3 is 0 Å². The topological polar surface area (TPSA) is 59.9 Å². The molecule has 0 saturated carbocycles. The molecule has 2 aliphatic rings. The summed E-state index contributed by atoms with van der Waals surface area (Å²) in [5.41, 5.74) is 5.45. The average Bonchev–Trinajstić information content (AvgIpc) is 3.01. The second-order valence-corrected chi connectivity index (χ2v) is 9.35. The van der Waals surface area contributed by atoms with Crippen LogP contribution in [0.2, 0.25) is 0 Å². The van der Waals surface area contributed by atoms with Gasteiger partial charge in [0, 0.05) is 35.2 Å². The molecule has 0 fully saturated rings. The first-order valence-corrected chi connectivity index (χ1v) is 10.5. The quantitative estimate of drug-likeness (QED) is 0.822. The van der Waals surface area contributed by atoms with E-state index in [9.17, 15) is 4.79 Å². The Hall–Kier alpha value is -2.82. The van der Waals surface area contributed by atoms with Gasteiger partial charge in [-0.3, -0.25) is 9.79 Å². The number of carbonyl (C=O) groups excluding carboxylic acids is 1. The number of aliphatic imine (C=N–C) groups is 1. The van der Waals surface area contributed by atoms with Crippen molar-refractivity contribution in [2.75, 3.05) is 13.7 Å². The first-order valence-electron chi connectivity index (χ1n) is 10.5. The number of fused-ring (bicyclic) bond motifs is 3. The van der Waals surface area contributed by atoms with Crippen LogP contribution in [0.4, 0.5) is 0 Å². The molecule has 4 rings (SSSR count). The van der Waals surface area contributed by atoms with Crippen molar-refractivity contribution >= 4 is 11.6 Å². The van der Waals surface area contributed by atoms with Crippen LogP contribution in [0.3, 0.4) is 0 Å². The fourth-order valence-electron chi connectivity index (χ4n) is 4.50. The van der Waals surface area contributed by atoms with Gasteiger partial charge in [-0.25, -0.2) is 0 Å². The van der Waals surface area contributed by atoms with E-state index in [1.807, 2.05) is 31.2 Å². The third-order valence-electron chi connectivity index (χ3n) is 5.64. The largest absolute Gasteiger partial charge is 0.493 e. The molecule has 2 aliphatic heterocycles. The lowest BCUT2D eigenvalue weighted by molar-refractivity contribution is 0.0955. The highest BCUT2D eigenvalue weighted by molar-refractivity contribution is 6.16. The number of nitrogens with zero attached hydrogens (tertiary/aromatic N) is 1. The van der Waals surface area contributed by atoms with Gasteiger partial charge in [0.15, 0.2) is 11.5 Å². The lowest BCUT2D eigenvalue weighted by atomic mass is 9.80. The van der Waals surface area contributed by atoms with E-state index in [4.69, 9.17) is 14.5 Å². The number of hydrogen-bond donors (Lipinski definition) is 1. The molecule has 2 aromatic carbocycles. The number of amides is 1. The Labute approximate surface area is 178 Å². The number of ether oxygens (including phenoxy) is 2. The van der Waals surface area contributed by atoms with Gasteiger partial charge in [-0.2, -0.15) is 0 Å². The zero-order chi connectivity index (χ0) is 21.7. The second kappa shape index (κ2) is 7.15. The Balaban J connectivity index is 1.92. The van der Waals surface area contributed by atoms with Gasteiger partial charge in [0.2, 0.25) is 0 Å². The molecule has 0 unspecified atom stereocenters. The van der Waals surface area contributed by atoms with Gasteiger partial charge in [-0.1, -0.05) is 12.1 Å². The zero-order valence-electron chi connectivity index (χ0n) is 18.7. The maximum absolute atomic E-state index is 12.4. The lowest BCUT2D eigenvalue weighted by Gasteiger charge is -2.31. The molecule has 5 heteroatoms. The molecule has 1 amide bonds. The second-order valence-electron chi connectivity index (χ2n) is 9.35. The highest BCUT2D eigenvalue weighted by Crippen LogP contribution is 2.47. The highest BCUT2D eigenvalue weighted by Gasteiger charge is 2.39. The van der Waals surface area contributed by atoms with Crippen LogP contribution in [0.5, 0.6) is 11.5 Å². The van der Waals surface area contributed by atoms with Crippen molar-refractivity contribution in [1.29, 1.82) is 0 Å². The van der Waals surface area contributed by atoms with Crippen LogP contribution in [0.15, 0.2) is 35.3 Å². The smallest absolute Gasteiger partial charge is 0.251 e. The number of methoxy groups -OCH3 is 1. The lowest BCUT2D eigenvalue weighted by Crippen LogP contribution is -2.31. The summed E-state index contributed by atoms with van der Waals surface area (Å²) in [6, 6.07) is 9.83. The van der Waals surface area contributed by atoms with Crippen LogP contribution in [-0.2, 0) is 12.8 Å². The monoisotopic (exact) mass is 406 g/mol. The van der Waals surface area contributed by atoms with Crippen molar-refractivity contribution in [3.8, 4) is 11.5 Å². The summed E-state index contributed by atoms with van der Waals surface area (Å²) in [6.07, 6.45) is 1.61. The molecule has 0 atom stereocenters. The van der Waals surface area contributed by atoms with E-state index in [0.29, 0.717) is 12.1 Å². The van der Waals surface area contributed by atoms with E-state index >= 15 is 0 Å². The highest BCUT2D eigenvalue weighted by atomic mass is 16.5. The Morgan fingerprint density at radius 1 is 1.20 bits per heavy atom.